The van der Waals surface area contributed by atoms with E-state index in [1.54, 1.807) is 19.1 Å². The van der Waals surface area contributed by atoms with Crippen LogP contribution >= 0.6 is 11.3 Å². The zero-order chi connectivity index (χ0) is 21.2. The molecule has 1 aromatic carbocycles. The summed E-state index contributed by atoms with van der Waals surface area (Å²) in [6.07, 6.45) is 0.637. The summed E-state index contributed by atoms with van der Waals surface area (Å²) in [5.74, 6) is 0.848. The highest BCUT2D eigenvalue weighted by Crippen LogP contribution is 2.27. The summed E-state index contributed by atoms with van der Waals surface area (Å²) in [6, 6.07) is 7.47. The Labute approximate surface area is 175 Å². The third kappa shape index (κ3) is 7.43. The van der Waals surface area contributed by atoms with Gasteiger partial charge in [-0.25, -0.2) is 0 Å². The van der Waals surface area contributed by atoms with Gasteiger partial charge in [0.25, 0.3) is 0 Å². The van der Waals surface area contributed by atoms with Crippen LogP contribution in [0, 0.1) is 5.92 Å². The Morgan fingerprint density at radius 2 is 1.86 bits per heavy atom. The predicted molar refractivity (Wildman–Crippen MR) is 113 cm³/mol. The standard InChI is InChI=1S/C20H28N4O4S/c1-14(2)13-18(26)24(11-12-27-3)10-9-17(25)21-20-23-22-19(29-20)15-5-7-16(28-4)8-6-15/h5-8,14H,9-13H2,1-4H3,(H,21,23,25). The highest BCUT2D eigenvalue weighted by atomic mass is 32.1. The van der Waals surface area contributed by atoms with Crippen molar-refractivity contribution in [3.63, 3.8) is 0 Å². The molecule has 8 nitrogen and oxygen atoms in total. The van der Waals surface area contributed by atoms with Crippen LogP contribution in [-0.4, -0.2) is 60.8 Å². The van der Waals surface area contributed by atoms with E-state index in [-0.39, 0.29) is 24.2 Å². The van der Waals surface area contributed by atoms with E-state index in [2.05, 4.69) is 15.5 Å². The Morgan fingerprint density at radius 1 is 1.14 bits per heavy atom. The van der Waals surface area contributed by atoms with Crippen LogP contribution in [0.2, 0.25) is 0 Å². The number of hydrogen-bond donors (Lipinski definition) is 1. The number of nitrogens with zero attached hydrogens (tertiary/aromatic N) is 3. The topological polar surface area (TPSA) is 93.7 Å². The third-order valence-corrected chi connectivity index (χ3v) is 5.01. The first-order valence-corrected chi connectivity index (χ1v) is 10.3. The van der Waals surface area contributed by atoms with Gasteiger partial charge in [-0.2, -0.15) is 0 Å². The van der Waals surface area contributed by atoms with Crippen molar-refractivity contribution < 1.29 is 19.1 Å². The number of amides is 2. The monoisotopic (exact) mass is 420 g/mol. The number of carbonyl (C=O) groups is 2. The predicted octanol–water partition coefficient (Wildman–Crippen LogP) is 3.06. The number of aromatic nitrogens is 2. The van der Waals surface area contributed by atoms with Gasteiger partial charge in [-0.15, -0.1) is 10.2 Å². The molecule has 0 aliphatic rings. The minimum Gasteiger partial charge on any atom is -0.497 e. The lowest BCUT2D eigenvalue weighted by Crippen LogP contribution is -2.36. The van der Waals surface area contributed by atoms with Crippen molar-refractivity contribution in [2.75, 3.05) is 39.2 Å². The van der Waals surface area contributed by atoms with Crippen LogP contribution < -0.4 is 10.1 Å². The number of ether oxygens (including phenoxy) is 2. The summed E-state index contributed by atoms with van der Waals surface area (Å²) in [5, 5.41) is 12.0. The minimum absolute atomic E-state index is 0.0301. The molecule has 29 heavy (non-hydrogen) atoms. The Balaban J connectivity index is 1.90. The van der Waals surface area contributed by atoms with E-state index >= 15 is 0 Å². The molecule has 0 aliphatic carbocycles. The molecule has 158 valence electrons. The zero-order valence-corrected chi connectivity index (χ0v) is 18.1. The van der Waals surface area contributed by atoms with Crippen molar-refractivity contribution in [1.29, 1.82) is 0 Å². The molecule has 2 aromatic rings. The molecule has 1 heterocycles. The van der Waals surface area contributed by atoms with Crippen molar-refractivity contribution in [2.45, 2.75) is 26.7 Å². The highest BCUT2D eigenvalue weighted by Gasteiger charge is 2.17. The molecular formula is C20H28N4O4S. The Kier molecular flexibility index (Phi) is 9.01. The van der Waals surface area contributed by atoms with Crippen LogP contribution in [0.15, 0.2) is 24.3 Å². The van der Waals surface area contributed by atoms with Crippen LogP contribution in [0.4, 0.5) is 5.13 Å². The fourth-order valence-corrected chi connectivity index (χ4v) is 3.35. The molecule has 9 heteroatoms. The maximum Gasteiger partial charge on any atom is 0.227 e. The summed E-state index contributed by atoms with van der Waals surface area (Å²) in [6.45, 7) is 5.23. The largest absolute Gasteiger partial charge is 0.497 e. The van der Waals surface area contributed by atoms with Gasteiger partial charge in [0.05, 0.1) is 13.7 Å². The molecule has 0 aliphatic heterocycles. The fourth-order valence-electron chi connectivity index (χ4n) is 2.58. The van der Waals surface area contributed by atoms with Gasteiger partial charge in [0.2, 0.25) is 16.9 Å². The third-order valence-electron chi connectivity index (χ3n) is 4.12. The van der Waals surface area contributed by atoms with E-state index in [4.69, 9.17) is 9.47 Å². The van der Waals surface area contributed by atoms with Crippen LogP contribution in [0.1, 0.15) is 26.7 Å². The Bertz CT molecular complexity index is 792. The number of hydrogen-bond acceptors (Lipinski definition) is 7. The highest BCUT2D eigenvalue weighted by molar-refractivity contribution is 7.18. The van der Waals surface area contributed by atoms with Gasteiger partial charge >= 0.3 is 0 Å². The van der Waals surface area contributed by atoms with Crippen LogP contribution in [-0.2, 0) is 14.3 Å². The van der Waals surface area contributed by atoms with E-state index in [1.165, 1.54) is 11.3 Å². The molecule has 0 unspecified atom stereocenters. The summed E-state index contributed by atoms with van der Waals surface area (Å²) < 4.78 is 10.2. The molecule has 0 spiro atoms. The molecule has 0 radical (unpaired) electrons. The number of nitrogens with one attached hydrogen (secondary N) is 1. The molecule has 0 saturated heterocycles. The molecule has 0 atom stereocenters. The second-order valence-electron chi connectivity index (χ2n) is 6.91. The molecular weight excluding hydrogens is 392 g/mol. The quantitative estimate of drug-likeness (QED) is 0.600. The number of benzene rings is 1. The maximum atomic E-state index is 12.3. The average molecular weight is 421 g/mol. The normalized spacial score (nSPS) is 10.8. The van der Waals surface area contributed by atoms with E-state index < -0.39 is 0 Å². The first-order valence-electron chi connectivity index (χ1n) is 9.47. The lowest BCUT2D eigenvalue weighted by Gasteiger charge is -2.23. The molecule has 0 fully saturated rings. The zero-order valence-electron chi connectivity index (χ0n) is 17.3. The maximum absolute atomic E-state index is 12.3. The SMILES string of the molecule is COCCN(CCC(=O)Nc1nnc(-c2ccc(OC)cc2)s1)C(=O)CC(C)C. The van der Waals surface area contributed by atoms with Crippen LogP contribution in [0.5, 0.6) is 5.75 Å². The van der Waals surface area contributed by atoms with E-state index in [0.29, 0.717) is 36.3 Å². The number of carbonyl (C=O) groups excluding carboxylic acids is 2. The number of anilines is 1. The smallest absolute Gasteiger partial charge is 0.227 e. The summed E-state index contributed by atoms with van der Waals surface area (Å²) in [7, 11) is 3.20. The van der Waals surface area contributed by atoms with Crippen molar-refractivity contribution in [1.82, 2.24) is 15.1 Å². The van der Waals surface area contributed by atoms with E-state index in [0.717, 1.165) is 11.3 Å². The fraction of sp³-hybridized carbons (Fsp3) is 0.500. The van der Waals surface area contributed by atoms with Gasteiger partial charge in [0.15, 0.2) is 0 Å². The second-order valence-corrected chi connectivity index (χ2v) is 7.89. The van der Waals surface area contributed by atoms with Crippen molar-refractivity contribution >= 4 is 28.3 Å². The Morgan fingerprint density at radius 3 is 2.48 bits per heavy atom. The van der Waals surface area contributed by atoms with Gasteiger partial charge in [0, 0.05) is 38.6 Å². The summed E-state index contributed by atoms with van der Waals surface area (Å²) in [5.41, 5.74) is 0.897. The first-order chi connectivity index (χ1) is 13.9. The number of rotatable bonds is 11. The minimum atomic E-state index is -0.206. The number of methoxy groups -OCH3 is 2. The van der Waals surface area contributed by atoms with Gasteiger partial charge in [-0.3, -0.25) is 9.59 Å². The van der Waals surface area contributed by atoms with Crippen LogP contribution in [0.3, 0.4) is 0 Å². The summed E-state index contributed by atoms with van der Waals surface area (Å²) >= 11 is 1.30. The van der Waals surface area contributed by atoms with Gasteiger partial charge in [0.1, 0.15) is 10.8 Å². The molecule has 0 saturated carbocycles. The molecule has 1 N–H and O–H groups in total. The van der Waals surface area contributed by atoms with Crippen molar-refractivity contribution in [3.8, 4) is 16.3 Å². The van der Waals surface area contributed by atoms with Gasteiger partial charge in [-0.1, -0.05) is 25.2 Å². The van der Waals surface area contributed by atoms with Gasteiger partial charge in [-0.05, 0) is 30.2 Å². The molecule has 2 rings (SSSR count). The molecule has 0 bridgehead atoms. The molecule has 2 amide bonds. The van der Waals surface area contributed by atoms with E-state index in [1.807, 2.05) is 38.1 Å². The van der Waals surface area contributed by atoms with Crippen molar-refractivity contribution in [2.24, 2.45) is 5.92 Å². The van der Waals surface area contributed by atoms with E-state index in [9.17, 15) is 9.59 Å². The lowest BCUT2D eigenvalue weighted by molar-refractivity contribution is -0.133. The molecule has 1 aromatic heterocycles. The van der Waals surface area contributed by atoms with Crippen LogP contribution in [0.25, 0.3) is 10.6 Å². The first kappa shape index (κ1) is 22.8. The van der Waals surface area contributed by atoms with Gasteiger partial charge < -0.3 is 19.7 Å². The summed E-state index contributed by atoms with van der Waals surface area (Å²) in [4.78, 5) is 26.3. The van der Waals surface area contributed by atoms with Crippen molar-refractivity contribution in [3.05, 3.63) is 24.3 Å². The Hall–Kier alpha value is -2.52. The average Bonchev–Trinajstić information content (AvgIpc) is 3.15. The second kappa shape index (κ2) is 11.5. The lowest BCUT2D eigenvalue weighted by atomic mass is 10.1.